The Bertz CT molecular complexity index is 1010. The second-order valence-electron chi connectivity index (χ2n) is 6.30. The number of nitrogens with zero attached hydrogens (tertiary/aromatic N) is 3. The maximum atomic E-state index is 11.5. The molecule has 0 saturated heterocycles. The Kier molecular flexibility index (Phi) is 5.03. The lowest BCUT2D eigenvalue weighted by molar-refractivity contribution is -0.384. The number of carbonyl (C=O) groups excluding carboxylic acids is 1. The fourth-order valence-electron chi connectivity index (χ4n) is 2.99. The van der Waals surface area contributed by atoms with E-state index >= 15 is 0 Å². The van der Waals surface area contributed by atoms with Crippen molar-refractivity contribution in [3.63, 3.8) is 0 Å². The number of anilines is 1. The van der Waals surface area contributed by atoms with Gasteiger partial charge in [-0.15, -0.1) is 0 Å². The smallest absolute Gasteiger partial charge is 0.293 e. The molecule has 3 aromatic rings. The molecular weight excluding hydrogens is 344 g/mol. The predicted molar refractivity (Wildman–Crippen MR) is 103 cm³/mol. The minimum atomic E-state index is -0.484. The van der Waals surface area contributed by atoms with E-state index in [2.05, 4.69) is 10.4 Å². The minimum absolute atomic E-state index is 0.117. The third kappa shape index (κ3) is 3.72. The third-order valence-electron chi connectivity index (χ3n) is 4.50. The summed E-state index contributed by atoms with van der Waals surface area (Å²) < 4.78 is 1.86. The van der Waals surface area contributed by atoms with E-state index in [-0.39, 0.29) is 11.5 Å². The molecule has 0 amide bonds. The Hall–Kier alpha value is -3.48. The van der Waals surface area contributed by atoms with Crippen molar-refractivity contribution in [2.45, 2.75) is 27.3 Å². The van der Waals surface area contributed by atoms with E-state index in [0.717, 1.165) is 22.6 Å². The number of aryl methyl sites for hydroxylation is 1. The number of nitro benzene ring substituents is 1. The number of hydrogen-bond acceptors (Lipinski definition) is 5. The van der Waals surface area contributed by atoms with Gasteiger partial charge in [-0.25, -0.2) is 4.68 Å². The summed E-state index contributed by atoms with van der Waals surface area (Å²) in [5.41, 5.74) is 4.33. The molecule has 0 atom stereocenters. The summed E-state index contributed by atoms with van der Waals surface area (Å²) in [6.07, 6.45) is 0. The first kappa shape index (κ1) is 18.3. The van der Waals surface area contributed by atoms with E-state index in [9.17, 15) is 14.9 Å². The molecule has 0 bridgehead atoms. The molecular formula is C20H20N4O3. The van der Waals surface area contributed by atoms with Crippen LogP contribution in [0, 0.1) is 24.0 Å². The molecule has 0 aliphatic heterocycles. The molecule has 7 nitrogen and oxygen atoms in total. The Morgan fingerprint density at radius 3 is 2.52 bits per heavy atom. The Morgan fingerprint density at radius 1 is 1.19 bits per heavy atom. The predicted octanol–water partition coefficient (Wildman–Crippen LogP) is 4.21. The van der Waals surface area contributed by atoms with E-state index in [1.54, 1.807) is 12.1 Å². The van der Waals surface area contributed by atoms with Crippen molar-refractivity contribution in [2.24, 2.45) is 0 Å². The van der Waals surface area contributed by atoms with Crippen molar-refractivity contribution in [1.82, 2.24) is 9.78 Å². The van der Waals surface area contributed by atoms with Gasteiger partial charge in [-0.1, -0.05) is 18.2 Å². The largest absolute Gasteiger partial charge is 0.375 e. The van der Waals surface area contributed by atoms with E-state index < -0.39 is 4.92 Å². The van der Waals surface area contributed by atoms with Gasteiger partial charge in [-0.3, -0.25) is 14.9 Å². The van der Waals surface area contributed by atoms with Crippen molar-refractivity contribution < 1.29 is 9.72 Å². The summed E-state index contributed by atoms with van der Waals surface area (Å²) in [7, 11) is 0. The lowest BCUT2D eigenvalue weighted by Crippen LogP contribution is -2.06. The van der Waals surface area contributed by atoms with Crippen LogP contribution in [0.1, 0.15) is 34.2 Å². The molecule has 0 saturated carbocycles. The van der Waals surface area contributed by atoms with Crippen molar-refractivity contribution in [3.8, 4) is 5.69 Å². The molecule has 2 aromatic carbocycles. The average molecular weight is 364 g/mol. The molecule has 0 spiro atoms. The Morgan fingerprint density at radius 2 is 1.89 bits per heavy atom. The fourth-order valence-corrected chi connectivity index (χ4v) is 2.99. The minimum Gasteiger partial charge on any atom is -0.375 e. The van der Waals surface area contributed by atoms with Gasteiger partial charge in [0.25, 0.3) is 5.69 Å². The number of hydrogen-bond donors (Lipinski definition) is 1. The number of carbonyl (C=O) groups is 1. The van der Waals surface area contributed by atoms with Crippen molar-refractivity contribution in [1.29, 1.82) is 0 Å². The number of para-hydroxylation sites is 1. The SMILES string of the molecule is CC(=O)c1ccc(NCc2c(C)nn(-c3ccccc3)c2C)c([N+](=O)[O-])c1. The average Bonchev–Trinajstić information content (AvgIpc) is 2.94. The summed E-state index contributed by atoms with van der Waals surface area (Å²) in [5.74, 6) is -0.208. The Balaban J connectivity index is 1.89. The molecule has 27 heavy (non-hydrogen) atoms. The van der Waals surface area contributed by atoms with E-state index in [1.165, 1.54) is 13.0 Å². The molecule has 0 aliphatic carbocycles. The summed E-state index contributed by atoms with van der Waals surface area (Å²) in [4.78, 5) is 22.4. The van der Waals surface area contributed by atoms with Crippen molar-refractivity contribution in [2.75, 3.05) is 5.32 Å². The number of ketones is 1. The van der Waals surface area contributed by atoms with Crippen LogP contribution in [0.5, 0.6) is 0 Å². The zero-order chi connectivity index (χ0) is 19.6. The maximum absolute atomic E-state index is 11.5. The van der Waals surface area contributed by atoms with E-state index in [4.69, 9.17) is 0 Å². The van der Waals surface area contributed by atoms with Crippen LogP contribution in [0.3, 0.4) is 0 Å². The highest BCUT2D eigenvalue weighted by atomic mass is 16.6. The maximum Gasteiger partial charge on any atom is 0.293 e. The molecule has 7 heteroatoms. The van der Waals surface area contributed by atoms with Crippen LogP contribution < -0.4 is 5.32 Å². The lowest BCUT2D eigenvalue weighted by atomic mass is 10.1. The van der Waals surface area contributed by atoms with Gasteiger partial charge in [-0.05, 0) is 45.0 Å². The first-order valence-electron chi connectivity index (χ1n) is 8.52. The molecule has 0 fully saturated rings. The first-order chi connectivity index (χ1) is 12.9. The number of aromatic nitrogens is 2. The zero-order valence-corrected chi connectivity index (χ0v) is 15.4. The van der Waals surface area contributed by atoms with Gasteiger partial charge in [-0.2, -0.15) is 5.10 Å². The van der Waals surface area contributed by atoms with Gasteiger partial charge >= 0.3 is 0 Å². The summed E-state index contributed by atoms with van der Waals surface area (Å²) in [6, 6.07) is 14.3. The van der Waals surface area contributed by atoms with Crippen LogP contribution in [0.25, 0.3) is 5.69 Å². The molecule has 1 aromatic heterocycles. The zero-order valence-electron chi connectivity index (χ0n) is 15.4. The van der Waals surface area contributed by atoms with E-state index in [1.807, 2.05) is 48.9 Å². The highest BCUT2D eigenvalue weighted by Crippen LogP contribution is 2.27. The highest BCUT2D eigenvalue weighted by molar-refractivity contribution is 5.95. The number of nitrogens with one attached hydrogen (secondary N) is 1. The summed E-state index contributed by atoms with van der Waals surface area (Å²) in [5, 5.41) is 19.1. The van der Waals surface area contributed by atoms with Gasteiger partial charge in [0.2, 0.25) is 0 Å². The number of Topliss-reactive ketones (excluding diaryl/α,β-unsaturated/α-hetero) is 1. The molecule has 3 rings (SSSR count). The number of benzene rings is 2. The lowest BCUT2D eigenvalue weighted by Gasteiger charge is -2.09. The Labute approximate surface area is 156 Å². The molecule has 0 unspecified atom stereocenters. The number of rotatable bonds is 6. The highest BCUT2D eigenvalue weighted by Gasteiger charge is 2.18. The van der Waals surface area contributed by atoms with Crippen LogP contribution in [0.15, 0.2) is 48.5 Å². The second kappa shape index (κ2) is 7.41. The fraction of sp³-hybridized carbons (Fsp3) is 0.200. The van der Waals surface area contributed by atoms with Crippen molar-refractivity contribution in [3.05, 3.63) is 81.2 Å². The van der Waals surface area contributed by atoms with Crippen LogP contribution in [-0.4, -0.2) is 20.5 Å². The topological polar surface area (TPSA) is 90.1 Å². The second-order valence-corrected chi connectivity index (χ2v) is 6.30. The van der Waals surface area contributed by atoms with Gasteiger partial charge in [0.05, 0.1) is 16.3 Å². The molecule has 1 N–H and O–H groups in total. The first-order valence-corrected chi connectivity index (χ1v) is 8.52. The molecule has 0 radical (unpaired) electrons. The van der Waals surface area contributed by atoms with E-state index in [0.29, 0.717) is 17.8 Å². The third-order valence-corrected chi connectivity index (χ3v) is 4.50. The molecule has 0 aliphatic rings. The van der Waals surface area contributed by atoms with Gasteiger partial charge < -0.3 is 5.32 Å². The summed E-state index contributed by atoms with van der Waals surface area (Å²) >= 11 is 0. The monoisotopic (exact) mass is 364 g/mol. The van der Waals surface area contributed by atoms with Gasteiger partial charge in [0, 0.05) is 29.4 Å². The van der Waals surface area contributed by atoms with Crippen molar-refractivity contribution >= 4 is 17.2 Å². The molecule has 1 heterocycles. The molecule has 138 valence electrons. The summed E-state index contributed by atoms with van der Waals surface area (Å²) in [6.45, 7) is 5.66. The standard InChI is InChI=1S/C20H20N4O3/c1-13-18(14(2)23(22-13)17-7-5-4-6-8-17)12-21-19-10-9-16(15(3)25)11-20(19)24(26)27/h4-11,21H,12H2,1-3H3. The van der Waals surface area contributed by atoms with Crippen LogP contribution >= 0.6 is 0 Å². The van der Waals surface area contributed by atoms with Gasteiger partial charge in [0.15, 0.2) is 5.78 Å². The number of nitro groups is 1. The van der Waals surface area contributed by atoms with Crippen LogP contribution in [-0.2, 0) is 6.54 Å². The van der Waals surface area contributed by atoms with Gasteiger partial charge in [0.1, 0.15) is 5.69 Å². The quantitative estimate of drug-likeness (QED) is 0.402. The van der Waals surface area contributed by atoms with Crippen LogP contribution in [0.4, 0.5) is 11.4 Å². The normalized spacial score (nSPS) is 10.6. The van der Waals surface area contributed by atoms with Crippen LogP contribution in [0.2, 0.25) is 0 Å².